The van der Waals surface area contributed by atoms with E-state index >= 15 is 0 Å². The lowest BCUT2D eigenvalue weighted by Gasteiger charge is -2.15. The zero-order chi connectivity index (χ0) is 25.9. The van der Waals surface area contributed by atoms with Crippen molar-refractivity contribution in [3.8, 4) is 5.75 Å². The molecule has 1 aromatic rings. The molecule has 0 aliphatic heterocycles. The van der Waals surface area contributed by atoms with Crippen LogP contribution in [-0.4, -0.2) is 52.0 Å². The van der Waals surface area contributed by atoms with E-state index < -0.39 is 16.1 Å². The fourth-order valence-corrected chi connectivity index (χ4v) is 4.26. The first kappa shape index (κ1) is 30.9. The fourth-order valence-electron chi connectivity index (χ4n) is 3.84. The topological polar surface area (TPSA) is 116 Å². The molecule has 35 heavy (non-hydrogen) atoms. The van der Waals surface area contributed by atoms with E-state index in [-0.39, 0.29) is 19.0 Å². The van der Waals surface area contributed by atoms with Crippen LogP contribution in [0.2, 0.25) is 0 Å². The van der Waals surface area contributed by atoms with Gasteiger partial charge in [-0.2, -0.15) is 8.42 Å². The summed E-state index contributed by atoms with van der Waals surface area (Å²) in [6, 6.07) is 5.90. The number of aryl methyl sites for hydroxylation is 1. The van der Waals surface area contributed by atoms with Crippen LogP contribution in [0.5, 0.6) is 5.75 Å². The summed E-state index contributed by atoms with van der Waals surface area (Å²) in [7, 11) is -1.97. The second-order valence-electron chi connectivity index (χ2n) is 8.77. The maximum absolute atomic E-state index is 11.2. The number of carboxylic acid groups (broad SMARTS) is 1. The van der Waals surface area contributed by atoms with Gasteiger partial charge >= 0.3 is 11.9 Å². The Kier molecular flexibility index (Phi) is 16.1. The van der Waals surface area contributed by atoms with Crippen LogP contribution in [-0.2, 0) is 41.5 Å². The maximum Gasteiger partial charge on any atom is 0.305 e. The van der Waals surface area contributed by atoms with Crippen LogP contribution in [0.15, 0.2) is 18.2 Å². The fraction of sp³-hybridized carbons (Fsp3) is 0.692. The quantitative estimate of drug-likeness (QED) is 0.137. The molecule has 0 radical (unpaired) electrons. The maximum atomic E-state index is 11.2. The number of esters is 1. The van der Waals surface area contributed by atoms with E-state index in [1.54, 1.807) is 0 Å². The first-order valence-electron chi connectivity index (χ1n) is 12.6. The Morgan fingerprint density at radius 2 is 1.46 bits per heavy atom. The first-order valence-corrected chi connectivity index (χ1v) is 14.4. The number of carbonyl (C=O) groups is 2. The molecule has 9 heteroatoms. The molecule has 0 amide bonds. The molecule has 0 saturated carbocycles. The van der Waals surface area contributed by atoms with E-state index in [4.69, 9.17) is 14.0 Å². The molecule has 0 fully saturated rings. The number of carbonyl (C=O) groups excluding carboxylic acids is 1. The minimum atomic E-state index is -3.38. The van der Waals surface area contributed by atoms with Crippen LogP contribution in [0.1, 0.15) is 88.2 Å². The molecule has 0 aliphatic carbocycles. The van der Waals surface area contributed by atoms with E-state index in [2.05, 4.69) is 4.74 Å². The molecular formula is C26H42O8S. The Bertz CT molecular complexity index is 851. The summed E-state index contributed by atoms with van der Waals surface area (Å²) in [4.78, 5) is 22.3. The molecule has 0 unspecified atom stereocenters. The highest BCUT2D eigenvalue weighted by molar-refractivity contribution is 7.85. The number of rotatable bonds is 21. The van der Waals surface area contributed by atoms with Crippen LogP contribution in [0.3, 0.4) is 0 Å². The zero-order valence-electron chi connectivity index (χ0n) is 21.3. The van der Waals surface area contributed by atoms with Crippen LogP contribution >= 0.6 is 0 Å². The number of hydrogen-bond donors (Lipinski definition) is 1. The summed E-state index contributed by atoms with van der Waals surface area (Å²) in [5.41, 5.74) is 2.08. The van der Waals surface area contributed by atoms with Crippen molar-refractivity contribution in [3.63, 3.8) is 0 Å². The van der Waals surface area contributed by atoms with Gasteiger partial charge in [-0.3, -0.25) is 13.8 Å². The third-order valence-corrected chi connectivity index (χ3v) is 6.31. The van der Waals surface area contributed by atoms with Gasteiger partial charge in [-0.15, -0.1) is 0 Å². The standard InChI is InChI=1S/C26H42O8S/c1-32-26(29)17-10-5-3-4-7-11-20-33-24-16-13-15-22(23(24)18-19-25(27)28)14-9-6-8-12-21-34-35(2,30)31/h13,15-16H,3-12,14,17-21H2,1-2H3,(H,27,28). The van der Waals surface area contributed by atoms with Gasteiger partial charge in [0.05, 0.1) is 26.6 Å². The lowest BCUT2D eigenvalue weighted by atomic mass is 9.97. The summed E-state index contributed by atoms with van der Waals surface area (Å²) in [5.74, 6) is -0.217. The monoisotopic (exact) mass is 514 g/mol. The Hall–Kier alpha value is -2.13. The lowest BCUT2D eigenvalue weighted by molar-refractivity contribution is -0.140. The molecule has 0 saturated heterocycles. The van der Waals surface area contributed by atoms with E-state index in [0.29, 0.717) is 25.9 Å². The largest absolute Gasteiger partial charge is 0.493 e. The Balaban J connectivity index is 2.42. The van der Waals surface area contributed by atoms with Gasteiger partial charge in [-0.25, -0.2) is 0 Å². The van der Waals surface area contributed by atoms with Gasteiger partial charge in [0, 0.05) is 12.8 Å². The molecule has 1 aromatic carbocycles. The van der Waals surface area contributed by atoms with Gasteiger partial charge in [-0.05, 0) is 55.7 Å². The normalized spacial score (nSPS) is 11.4. The lowest BCUT2D eigenvalue weighted by Crippen LogP contribution is -2.06. The van der Waals surface area contributed by atoms with E-state index in [1.807, 2.05) is 18.2 Å². The number of carboxylic acids is 1. The van der Waals surface area contributed by atoms with Gasteiger partial charge < -0.3 is 14.6 Å². The highest BCUT2D eigenvalue weighted by Gasteiger charge is 2.12. The zero-order valence-corrected chi connectivity index (χ0v) is 22.1. The molecular weight excluding hydrogens is 472 g/mol. The highest BCUT2D eigenvalue weighted by Crippen LogP contribution is 2.26. The molecule has 0 bridgehead atoms. The Morgan fingerprint density at radius 3 is 2.11 bits per heavy atom. The number of aliphatic carboxylic acids is 1. The molecule has 0 spiro atoms. The molecule has 200 valence electrons. The summed E-state index contributed by atoms with van der Waals surface area (Å²) in [6.45, 7) is 0.797. The molecule has 8 nitrogen and oxygen atoms in total. The molecule has 0 aromatic heterocycles. The highest BCUT2D eigenvalue weighted by atomic mass is 32.2. The van der Waals surface area contributed by atoms with E-state index in [1.165, 1.54) is 7.11 Å². The molecule has 1 rings (SSSR count). The van der Waals surface area contributed by atoms with Crippen LogP contribution in [0.25, 0.3) is 0 Å². The van der Waals surface area contributed by atoms with Gasteiger partial charge in [-0.1, -0.05) is 50.7 Å². The summed E-state index contributed by atoms with van der Waals surface area (Å²) < 4.78 is 37.4. The minimum absolute atomic E-state index is 0.0573. The van der Waals surface area contributed by atoms with Crippen LogP contribution in [0, 0.1) is 0 Å². The summed E-state index contributed by atoms with van der Waals surface area (Å²) >= 11 is 0. The van der Waals surface area contributed by atoms with Crippen molar-refractivity contribution in [2.24, 2.45) is 0 Å². The van der Waals surface area contributed by atoms with Crippen molar-refractivity contribution in [1.82, 2.24) is 0 Å². The van der Waals surface area contributed by atoms with E-state index in [9.17, 15) is 18.0 Å². The summed E-state index contributed by atoms with van der Waals surface area (Å²) in [6.07, 6.45) is 12.3. The second-order valence-corrected chi connectivity index (χ2v) is 10.4. The number of hydrogen-bond acceptors (Lipinski definition) is 7. The third kappa shape index (κ3) is 16.2. The first-order chi connectivity index (χ1) is 16.7. The minimum Gasteiger partial charge on any atom is -0.493 e. The Labute approximate surface area is 210 Å². The van der Waals surface area contributed by atoms with Crippen LogP contribution in [0.4, 0.5) is 0 Å². The van der Waals surface area contributed by atoms with E-state index in [0.717, 1.165) is 87.3 Å². The number of unbranched alkanes of at least 4 members (excludes halogenated alkanes) is 8. The molecule has 1 N–H and O–H groups in total. The predicted octanol–water partition coefficient (Wildman–Crippen LogP) is 5.07. The number of ether oxygens (including phenoxy) is 2. The van der Waals surface area contributed by atoms with Crippen molar-refractivity contribution in [1.29, 1.82) is 0 Å². The average molecular weight is 515 g/mol. The smallest absolute Gasteiger partial charge is 0.305 e. The van der Waals surface area contributed by atoms with Gasteiger partial charge in [0.15, 0.2) is 0 Å². The molecule has 0 aliphatic rings. The average Bonchev–Trinajstić information content (AvgIpc) is 2.80. The molecule has 0 heterocycles. The van der Waals surface area contributed by atoms with Crippen molar-refractivity contribution in [2.75, 3.05) is 26.6 Å². The SMILES string of the molecule is COC(=O)CCCCCCCCOc1cccc(CCCCCCOS(C)(=O)=O)c1CCC(=O)O. The molecule has 0 atom stereocenters. The van der Waals surface area contributed by atoms with Crippen LogP contribution < -0.4 is 4.74 Å². The van der Waals surface area contributed by atoms with Gasteiger partial charge in [0.25, 0.3) is 10.1 Å². The number of benzene rings is 1. The van der Waals surface area contributed by atoms with Gasteiger partial charge in [0.1, 0.15) is 5.75 Å². The van der Waals surface area contributed by atoms with Crippen molar-refractivity contribution >= 4 is 22.1 Å². The van der Waals surface area contributed by atoms with Crippen molar-refractivity contribution < 1.29 is 36.8 Å². The predicted molar refractivity (Wildman–Crippen MR) is 135 cm³/mol. The number of methoxy groups -OCH3 is 1. The van der Waals surface area contributed by atoms with Gasteiger partial charge in [0.2, 0.25) is 0 Å². The third-order valence-electron chi connectivity index (χ3n) is 5.72. The van der Waals surface area contributed by atoms with Crippen molar-refractivity contribution in [2.45, 2.75) is 89.9 Å². The second kappa shape index (κ2) is 18.2. The van der Waals surface area contributed by atoms with Crippen molar-refractivity contribution in [3.05, 3.63) is 29.3 Å². The summed E-state index contributed by atoms with van der Waals surface area (Å²) in [5, 5.41) is 9.17. The Morgan fingerprint density at radius 1 is 0.829 bits per heavy atom.